The van der Waals surface area contributed by atoms with Crippen LogP contribution in [0.2, 0.25) is 0 Å². The Labute approximate surface area is 99.0 Å². The molecule has 0 aliphatic carbocycles. The van der Waals surface area contributed by atoms with Gasteiger partial charge in [-0.15, -0.1) is 0 Å². The zero-order valence-corrected chi connectivity index (χ0v) is 9.54. The number of anilines is 2. The van der Waals surface area contributed by atoms with E-state index in [0.717, 1.165) is 5.69 Å². The molecule has 0 fully saturated rings. The number of amides is 2. The quantitative estimate of drug-likeness (QED) is 0.760. The molecule has 5 heteroatoms. The molecular formula is C11H12N2O2S. The van der Waals surface area contributed by atoms with Crippen LogP contribution in [0.1, 0.15) is 6.42 Å². The summed E-state index contributed by atoms with van der Waals surface area (Å²) in [4.78, 5) is 24.7. The number of carbonyl (C=O) groups excluding carboxylic acids is 2. The van der Waals surface area contributed by atoms with Gasteiger partial charge in [0.25, 0.3) is 0 Å². The van der Waals surface area contributed by atoms with Gasteiger partial charge in [0.2, 0.25) is 11.8 Å². The second kappa shape index (κ2) is 4.57. The van der Waals surface area contributed by atoms with Gasteiger partial charge in [0.15, 0.2) is 0 Å². The summed E-state index contributed by atoms with van der Waals surface area (Å²) in [6.07, 6.45) is 0.338. The van der Waals surface area contributed by atoms with Crippen molar-refractivity contribution in [3.05, 3.63) is 24.3 Å². The van der Waals surface area contributed by atoms with Gasteiger partial charge in [-0.1, -0.05) is 12.1 Å². The Morgan fingerprint density at radius 3 is 2.94 bits per heavy atom. The monoisotopic (exact) mass is 236 g/mol. The lowest BCUT2D eigenvalue weighted by atomic mass is 10.2. The van der Waals surface area contributed by atoms with Gasteiger partial charge < -0.3 is 10.2 Å². The molecule has 0 saturated carbocycles. The molecule has 84 valence electrons. The van der Waals surface area contributed by atoms with Crippen LogP contribution in [0.25, 0.3) is 0 Å². The van der Waals surface area contributed by atoms with Crippen molar-refractivity contribution in [3.63, 3.8) is 0 Å². The highest BCUT2D eigenvalue weighted by atomic mass is 32.1. The van der Waals surface area contributed by atoms with E-state index in [1.165, 1.54) is 4.90 Å². The predicted molar refractivity (Wildman–Crippen MR) is 65.9 cm³/mol. The van der Waals surface area contributed by atoms with Crippen LogP contribution in [0.15, 0.2) is 24.3 Å². The van der Waals surface area contributed by atoms with Gasteiger partial charge in [-0.25, -0.2) is 0 Å². The van der Waals surface area contributed by atoms with E-state index in [0.29, 0.717) is 17.9 Å². The summed E-state index contributed by atoms with van der Waals surface area (Å²) < 4.78 is 0. The van der Waals surface area contributed by atoms with E-state index in [2.05, 4.69) is 17.9 Å². The summed E-state index contributed by atoms with van der Waals surface area (Å²) in [7, 11) is 0. The third-order valence-electron chi connectivity index (χ3n) is 2.40. The molecule has 0 atom stereocenters. The Kier molecular flexibility index (Phi) is 3.14. The summed E-state index contributed by atoms with van der Waals surface area (Å²) in [5, 5.41) is 2.73. The van der Waals surface area contributed by atoms with Crippen molar-refractivity contribution in [2.75, 3.05) is 22.5 Å². The standard InChI is InChI=1S/C11H12N2O2S/c14-10-7-13(11(15)5-6-16)9-4-2-1-3-8(9)12-10/h1-4,16H,5-7H2,(H,12,14). The minimum absolute atomic E-state index is 0.0719. The fraction of sp³-hybridized carbons (Fsp3) is 0.273. The first kappa shape index (κ1) is 11.0. The van der Waals surface area contributed by atoms with Gasteiger partial charge in [0, 0.05) is 6.42 Å². The van der Waals surface area contributed by atoms with E-state index in [4.69, 9.17) is 0 Å². The fourth-order valence-electron chi connectivity index (χ4n) is 1.69. The van der Waals surface area contributed by atoms with Crippen LogP contribution in [0.3, 0.4) is 0 Å². The summed E-state index contributed by atoms with van der Waals surface area (Å²) in [6, 6.07) is 7.28. The molecule has 1 aliphatic rings. The smallest absolute Gasteiger partial charge is 0.244 e. The van der Waals surface area contributed by atoms with Gasteiger partial charge in [-0.2, -0.15) is 12.6 Å². The second-order valence-electron chi connectivity index (χ2n) is 3.52. The Morgan fingerprint density at radius 2 is 2.19 bits per heavy atom. The first-order valence-electron chi connectivity index (χ1n) is 5.02. The second-order valence-corrected chi connectivity index (χ2v) is 3.97. The molecule has 2 amide bonds. The number of thiol groups is 1. The molecule has 2 rings (SSSR count). The van der Waals surface area contributed by atoms with Gasteiger partial charge in [0.1, 0.15) is 6.54 Å². The first-order valence-corrected chi connectivity index (χ1v) is 5.65. The third kappa shape index (κ3) is 2.04. The van der Waals surface area contributed by atoms with E-state index < -0.39 is 0 Å². The molecule has 1 aliphatic heterocycles. The molecule has 0 radical (unpaired) electrons. The summed E-state index contributed by atoms with van der Waals surface area (Å²) in [5.41, 5.74) is 1.44. The van der Waals surface area contributed by atoms with Crippen LogP contribution in [0.4, 0.5) is 11.4 Å². The molecule has 16 heavy (non-hydrogen) atoms. The molecule has 1 heterocycles. The molecule has 0 bridgehead atoms. The first-order chi connectivity index (χ1) is 7.72. The minimum Gasteiger partial charge on any atom is -0.323 e. The van der Waals surface area contributed by atoms with Crippen LogP contribution in [0.5, 0.6) is 0 Å². The lowest BCUT2D eigenvalue weighted by Crippen LogP contribution is -2.42. The van der Waals surface area contributed by atoms with Crippen molar-refractivity contribution in [1.29, 1.82) is 0 Å². The van der Waals surface area contributed by atoms with E-state index in [1.807, 2.05) is 18.2 Å². The number of nitrogens with one attached hydrogen (secondary N) is 1. The topological polar surface area (TPSA) is 49.4 Å². The van der Waals surface area contributed by atoms with Crippen LogP contribution < -0.4 is 10.2 Å². The molecule has 0 saturated heterocycles. The molecule has 1 aromatic rings. The maximum atomic E-state index is 11.8. The van der Waals surface area contributed by atoms with Gasteiger partial charge in [-0.05, 0) is 17.9 Å². The maximum absolute atomic E-state index is 11.8. The van der Waals surface area contributed by atoms with Crippen molar-refractivity contribution in [1.82, 2.24) is 0 Å². The average Bonchev–Trinajstić information content (AvgIpc) is 2.28. The maximum Gasteiger partial charge on any atom is 0.244 e. The number of benzene rings is 1. The highest BCUT2D eigenvalue weighted by Gasteiger charge is 2.25. The Balaban J connectivity index is 2.33. The predicted octanol–water partition coefficient (Wildman–Crippen LogP) is 1.29. The van der Waals surface area contributed by atoms with Crippen molar-refractivity contribution in [2.24, 2.45) is 0 Å². The van der Waals surface area contributed by atoms with Crippen molar-refractivity contribution >= 4 is 35.8 Å². The molecular weight excluding hydrogens is 224 g/mol. The van der Waals surface area contributed by atoms with Gasteiger partial charge in [-0.3, -0.25) is 9.59 Å². The summed E-state index contributed by atoms with van der Waals surface area (Å²) in [5.74, 6) is 0.252. The Bertz CT molecular complexity index is 434. The number of para-hydroxylation sites is 2. The third-order valence-corrected chi connectivity index (χ3v) is 2.62. The molecule has 0 unspecified atom stereocenters. The zero-order chi connectivity index (χ0) is 11.5. The normalized spacial score (nSPS) is 14.3. The lowest BCUT2D eigenvalue weighted by molar-refractivity contribution is -0.121. The number of hydrogen-bond donors (Lipinski definition) is 2. The number of carbonyl (C=O) groups is 2. The van der Waals surface area contributed by atoms with E-state index >= 15 is 0 Å². The Morgan fingerprint density at radius 1 is 1.44 bits per heavy atom. The molecule has 0 spiro atoms. The highest BCUT2D eigenvalue weighted by molar-refractivity contribution is 7.80. The fourth-order valence-corrected chi connectivity index (χ4v) is 1.88. The summed E-state index contributed by atoms with van der Waals surface area (Å²) in [6.45, 7) is 0.0869. The van der Waals surface area contributed by atoms with Crippen LogP contribution in [-0.4, -0.2) is 24.1 Å². The molecule has 1 N–H and O–H groups in total. The van der Waals surface area contributed by atoms with Gasteiger partial charge in [0.05, 0.1) is 11.4 Å². The number of fused-ring (bicyclic) bond motifs is 1. The van der Waals surface area contributed by atoms with E-state index in [-0.39, 0.29) is 18.4 Å². The molecule has 1 aromatic carbocycles. The lowest BCUT2D eigenvalue weighted by Gasteiger charge is -2.29. The Hall–Kier alpha value is -1.49. The van der Waals surface area contributed by atoms with Crippen LogP contribution >= 0.6 is 12.6 Å². The van der Waals surface area contributed by atoms with Crippen molar-refractivity contribution < 1.29 is 9.59 Å². The summed E-state index contributed by atoms with van der Waals surface area (Å²) >= 11 is 4.02. The van der Waals surface area contributed by atoms with Gasteiger partial charge >= 0.3 is 0 Å². The highest BCUT2D eigenvalue weighted by Crippen LogP contribution is 2.29. The average molecular weight is 236 g/mol. The number of hydrogen-bond acceptors (Lipinski definition) is 3. The number of nitrogens with zero attached hydrogens (tertiary/aromatic N) is 1. The zero-order valence-electron chi connectivity index (χ0n) is 8.64. The van der Waals surface area contributed by atoms with Crippen molar-refractivity contribution in [3.8, 4) is 0 Å². The van der Waals surface area contributed by atoms with E-state index in [1.54, 1.807) is 6.07 Å². The SMILES string of the molecule is O=C1CN(C(=O)CCS)c2ccccc2N1. The largest absolute Gasteiger partial charge is 0.323 e. The minimum atomic E-state index is -0.161. The van der Waals surface area contributed by atoms with Crippen molar-refractivity contribution in [2.45, 2.75) is 6.42 Å². The number of rotatable bonds is 2. The van der Waals surface area contributed by atoms with E-state index in [9.17, 15) is 9.59 Å². The van der Waals surface area contributed by atoms with Crippen LogP contribution in [-0.2, 0) is 9.59 Å². The van der Waals surface area contributed by atoms with Crippen LogP contribution in [0, 0.1) is 0 Å². The molecule has 0 aromatic heterocycles. The molecule has 4 nitrogen and oxygen atoms in total.